The van der Waals surface area contributed by atoms with Gasteiger partial charge in [0.15, 0.2) is 0 Å². The lowest BCUT2D eigenvalue weighted by Crippen LogP contribution is -2.16. The summed E-state index contributed by atoms with van der Waals surface area (Å²) >= 11 is 0. The van der Waals surface area contributed by atoms with E-state index in [1.165, 1.54) is 0 Å². The zero-order chi connectivity index (χ0) is 12.8. The van der Waals surface area contributed by atoms with Crippen molar-refractivity contribution in [1.29, 1.82) is 0 Å². The zero-order valence-corrected chi connectivity index (χ0v) is 10.4. The van der Waals surface area contributed by atoms with Crippen molar-refractivity contribution in [3.8, 4) is 5.75 Å². The zero-order valence-electron chi connectivity index (χ0n) is 10.4. The van der Waals surface area contributed by atoms with Crippen LogP contribution in [-0.4, -0.2) is 17.1 Å². The van der Waals surface area contributed by atoms with E-state index in [9.17, 15) is 9.90 Å². The minimum Gasteiger partial charge on any atom is -0.508 e. The molecular formula is C13H20N2O2. The molecule has 4 heteroatoms. The van der Waals surface area contributed by atoms with E-state index in [2.05, 4.69) is 5.32 Å². The molecule has 0 aromatic heterocycles. The fraction of sp³-hybridized carbons (Fsp3) is 0.462. The van der Waals surface area contributed by atoms with Gasteiger partial charge in [-0.1, -0.05) is 6.07 Å². The van der Waals surface area contributed by atoms with Crippen LogP contribution < -0.4 is 11.1 Å². The Balaban J connectivity index is 2.42. The highest BCUT2D eigenvalue weighted by molar-refractivity contribution is 5.90. The summed E-state index contributed by atoms with van der Waals surface area (Å²) in [4.78, 5) is 11.6. The van der Waals surface area contributed by atoms with Gasteiger partial charge in [-0.15, -0.1) is 0 Å². The van der Waals surface area contributed by atoms with Gasteiger partial charge in [-0.3, -0.25) is 4.79 Å². The van der Waals surface area contributed by atoms with E-state index < -0.39 is 0 Å². The van der Waals surface area contributed by atoms with Gasteiger partial charge in [0.1, 0.15) is 5.75 Å². The van der Waals surface area contributed by atoms with Gasteiger partial charge in [-0.2, -0.15) is 0 Å². The summed E-state index contributed by atoms with van der Waals surface area (Å²) in [7, 11) is 0. The maximum atomic E-state index is 11.6. The van der Waals surface area contributed by atoms with Crippen LogP contribution in [0.3, 0.4) is 0 Å². The molecule has 0 heterocycles. The first-order valence-corrected chi connectivity index (χ1v) is 5.84. The quantitative estimate of drug-likeness (QED) is 0.733. The molecule has 1 atom stereocenters. The summed E-state index contributed by atoms with van der Waals surface area (Å²) in [6, 6.07) is 5.23. The number of aromatic hydroxyl groups is 1. The van der Waals surface area contributed by atoms with Crippen molar-refractivity contribution < 1.29 is 9.90 Å². The van der Waals surface area contributed by atoms with Crippen molar-refractivity contribution in [2.24, 2.45) is 5.73 Å². The molecule has 1 rings (SSSR count). The lowest BCUT2D eigenvalue weighted by Gasteiger charge is -2.07. The second-order valence-electron chi connectivity index (χ2n) is 4.42. The van der Waals surface area contributed by atoms with Gasteiger partial charge < -0.3 is 16.2 Å². The molecule has 0 bridgehead atoms. The van der Waals surface area contributed by atoms with E-state index in [-0.39, 0.29) is 17.7 Å². The standard InChI is InChI=1S/C13H20N2O2/c1-9-6-7-11(8-12(9)16)15-13(17)5-3-4-10(2)14/h6-8,10,16H,3-5,14H2,1-2H3,(H,15,17). The van der Waals surface area contributed by atoms with E-state index in [0.717, 1.165) is 18.4 Å². The van der Waals surface area contributed by atoms with Crippen LogP contribution in [0.4, 0.5) is 5.69 Å². The lowest BCUT2D eigenvalue weighted by molar-refractivity contribution is -0.116. The fourth-order valence-corrected chi connectivity index (χ4v) is 1.50. The number of phenols is 1. The van der Waals surface area contributed by atoms with Gasteiger partial charge in [-0.25, -0.2) is 0 Å². The highest BCUT2D eigenvalue weighted by atomic mass is 16.3. The van der Waals surface area contributed by atoms with Crippen LogP contribution in [0.2, 0.25) is 0 Å². The van der Waals surface area contributed by atoms with Crippen LogP contribution in [-0.2, 0) is 4.79 Å². The maximum Gasteiger partial charge on any atom is 0.224 e. The Morgan fingerprint density at radius 2 is 2.24 bits per heavy atom. The molecule has 0 spiro atoms. The Labute approximate surface area is 102 Å². The summed E-state index contributed by atoms with van der Waals surface area (Å²) in [6.07, 6.45) is 2.07. The molecule has 0 fully saturated rings. The smallest absolute Gasteiger partial charge is 0.224 e. The molecule has 17 heavy (non-hydrogen) atoms. The Bertz CT molecular complexity index is 389. The predicted molar refractivity (Wildman–Crippen MR) is 69.0 cm³/mol. The number of nitrogens with two attached hydrogens (primary N) is 1. The molecule has 1 aromatic rings. The number of amides is 1. The molecule has 1 unspecified atom stereocenters. The summed E-state index contributed by atoms with van der Waals surface area (Å²) in [5.74, 6) is 0.146. The van der Waals surface area contributed by atoms with E-state index in [0.29, 0.717) is 12.1 Å². The number of carbonyl (C=O) groups is 1. The van der Waals surface area contributed by atoms with Crippen LogP contribution in [0.1, 0.15) is 31.7 Å². The average molecular weight is 236 g/mol. The number of nitrogens with one attached hydrogen (secondary N) is 1. The molecule has 0 aliphatic heterocycles. The van der Waals surface area contributed by atoms with Crippen molar-refractivity contribution in [2.75, 3.05) is 5.32 Å². The van der Waals surface area contributed by atoms with E-state index in [1.54, 1.807) is 18.2 Å². The molecule has 1 aromatic carbocycles. The number of anilines is 1. The first-order chi connectivity index (χ1) is 7.99. The molecule has 94 valence electrons. The topological polar surface area (TPSA) is 75.4 Å². The second kappa shape index (κ2) is 6.25. The minimum absolute atomic E-state index is 0.0473. The highest BCUT2D eigenvalue weighted by Crippen LogP contribution is 2.20. The van der Waals surface area contributed by atoms with Gasteiger partial charge in [0.2, 0.25) is 5.91 Å². The summed E-state index contributed by atoms with van der Waals surface area (Å²) in [6.45, 7) is 3.74. The van der Waals surface area contributed by atoms with Crippen LogP contribution >= 0.6 is 0 Å². The van der Waals surface area contributed by atoms with Gasteiger partial charge in [0.05, 0.1) is 0 Å². The monoisotopic (exact) mass is 236 g/mol. The van der Waals surface area contributed by atoms with Gasteiger partial charge in [-0.05, 0) is 38.3 Å². The Morgan fingerprint density at radius 1 is 1.53 bits per heavy atom. The van der Waals surface area contributed by atoms with Crippen LogP contribution in [0.25, 0.3) is 0 Å². The van der Waals surface area contributed by atoms with Crippen molar-refractivity contribution >= 4 is 11.6 Å². The maximum absolute atomic E-state index is 11.6. The van der Waals surface area contributed by atoms with E-state index in [4.69, 9.17) is 5.73 Å². The number of carbonyl (C=O) groups excluding carboxylic acids is 1. The lowest BCUT2D eigenvalue weighted by atomic mass is 10.1. The van der Waals surface area contributed by atoms with E-state index >= 15 is 0 Å². The van der Waals surface area contributed by atoms with Gasteiger partial charge >= 0.3 is 0 Å². The molecule has 0 saturated carbocycles. The molecule has 0 aliphatic rings. The molecule has 1 amide bonds. The molecule has 0 saturated heterocycles. The van der Waals surface area contributed by atoms with Crippen LogP contribution in [0.5, 0.6) is 5.75 Å². The number of aryl methyl sites for hydroxylation is 1. The number of phenolic OH excluding ortho intramolecular Hbond substituents is 1. The van der Waals surface area contributed by atoms with Crippen LogP contribution in [0, 0.1) is 6.92 Å². The Morgan fingerprint density at radius 3 is 2.82 bits per heavy atom. The minimum atomic E-state index is -0.0473. The van der Waals surface area contributed by atoms with Gasteiger partial charge in [0.25, 0.3) is 0 Å². The Kier molecular flexibility index (Phi) is 4.97. The fourth-order valence-electron chi connectivity index (χ4n) is 1.50. The van der Waals surface area contributed by atoms with Crippen molar-refractivity contribution in [3.63, 3.8) is 0 Å². The predicted octanol–water partition coefficient (Wildman–Crippen LogP) is 2.16. The highest BCUT2D eigenvalue weighted by Gasteiger charge is 2.04. The largest absolute Gasteiger partial charge is 0.508 e. The SMILES string of the molecule is Cc1ccc(NC(=O)CCCC(C)N)cc1O. The third kappa shape index (κ3) is 4.87. The molecule has 0 radical (unpaired) electrons. The molecular weight excluding hydrogens is 216 g/mol. The average Bonchev–Trinajstić information content (AvgIpc) is 2.23. The number of rotatable bonds is 5. The van der Waals surface area contributed by atoms with E-state index in [1.807, 2.05) is 13.8 Å². The normalized spacial score (nSPS) is 12.2. The number of hydrogen-bond acceptors (Lipinski definition) is 3. The number of hydrogen-bond donors (Lipinski definition) is 3. The van der Waals surface area contributed by atoms with Crippen molar-refractivity contribution in [3.05, 3.63) is 23.8 Å². The molecule has 0 aliphatic carbocycles. The third-order valence-electron chi connectivity index (χ3n) is 2.56. The second-order valence-corrected chi connectivity index (χ2v) is 4.42. The summed E-state index contributed by atoms with van der Waals surface area (Å²) < 4.78 is 0. The Hall–Kier alpha value is -1.55. The first kappa shape index (κ1) is 13.5. The van der Waals surface area contributed by atoms with Crippen molar-refractivity contribution in [2.45, 2.75) is 39.2 Å². The first-order valence-electron chi connectivity index (χ1n) is 5.84. The van der Waals surface area contributed by atoms with Crippen LogP contribution in [0.15, 0.2) is 18.2 Å². The third-order valence-corrected chi connectivity index (χ3v) is 2.56. The van der Waals surface area contributed by atoms with Crippen molar-refractivity contribution in [1.82, 2.24) is 0 Å². The summed E-state index contributed by atoms with van der Waals surface area (Å²) in [5, 5.41) is 12.2. The van der Waals surface area contributed by atoms with Gasteiger partial charge in [0, 0.05) is 24.2 Å². The molecule has 4 N–H and O–H groups in total. The summed E-state index contributed by atoms with van der Waals surface area (Å²) in [5.41, 5.74) is 7.02. The number of benzene rings is 1. The molecule has 4 nitrogen and oxygen atoms in total.